The van der Waals surface area contributed by atoms with Crippen LogP contribution in [0.3, 0.4) is 0 Å². The first-order chi connectivity index (χ1) is 21.9. The van der Waals surface area contributed by atoms with Gasteiger partial charge < -0.3 is 15.0 Å². The molecule has 1 amide bonds. The highest BCUT2D eigenvalue weighted by Crippen LogP contribution is 2.47. The van der Waals surface area contributed by atoms with Crippen molar-refractivity contribution in [2.75, 3.05) is 29.5 Å². The van der Waals surface area contributed by atoms with Crippen molar-refractivity contribution in [2.45, 2.75) is 69.2 Å². The van der Waals surface area contributed by atoms with Crippen LogP contribution in [0.15, 0.2) is 42.6 Å². The Kier molecular flexibility index (Phi) is 8.75. The molecule has 2 aliphatic carbocycles. The zero-order valence-corrected chi connectivity index (χ0v) is 26.8. The molecule has 3 atom stereocenters. The van der Waals surface area contributed by atoms with Gasteiger partial charge in [0.2, 0.25) is 11.8 Å². The lowest BCUT2D eigenvalue weighted by atomic mass is 9.76. The summed E-state index contributed by atoms with van der Waals surface area (Å²) < 4.78 is 69.4. The van der Waals surface area contributed by atoms with E-state index in [1.807, 2.05) is 29.2 Å². The predicted octanol–water partition coefficient (Wildman–Crippen LogP) is 5.88. The van der Waals surface area contributed by atoms with Gasteiger partial charge in [-0.2, -0.15) is 18.4 Å². The SMILES string of the molecule is CC(Oc1ncccc1-c1nc(C2CCCCC2C(=O)NC2(C#N)CC2)c(-c2ccc(N3CCS(=O)(=O)CC3)cc2)s1)C(F)(F)F. The first-order valence-corrected chi connectivity index (χ1v) is 18.0. The van der Waals surface area contributed by atoms with Crippen molar-refractivity contribution in [1.29, 1.82) is 5.26 Å². The maximum atomic E-state index is 13.6. The second-order valence-electron chi connectivity index (χ2n) is 12.3. The molecule has 14 heteroatoms. The zero-order valence-electron chi connectivity index (χ0n) is 25.2. The summed E-state index contributed by atoms with van der Waals surface area (Å²) in [5.41, 5.74) is 1.89. The maximum absolute atomic E-state index is 13.6. The van der Waals surface area contributed by atoms with Crippen LogP contribution in [-0.2, 0) is 14.6 Å². The Bertz CT molecular complexity index is 1740. The first-order valence-electron chi connectivity index (χ1n) is 15.4. The lowest BCUT2D eigenvalue weighted by Crippen LogP contribution is -2.42. The van der Waals surface area contributed by atoms with Gasteiger partial charge in [-0.25, -0.2) is 18.4 Å². The third kappa shape index (κ3) is 6.85. The minimum absolute atomic E-state index is 0.0950. The lowest BCUT2D eigenvalue weighted by molar-refractivity contribution is -0.189. The number of anilines is 1. The molecular formula is C32H34F3N5O4S2. The van der Waals surface area contributed by atoms with E-state index in [0.29, 0.717) is 55.0 Å². The van der Waals surface area contributed by atoms with Crippen LogP contribution in [0.1, 0.15) is 57.1 Å². The van der Waals surface area contributed by atoms with Crippen LogP contribution in [-0.4, -0.2) is 66.7 Å². The summed E-state index contributed by atoms with van der Waals surface area (Å²) in [5, 5.41) is 13.0. The predicted molar refractivity (Wildman–Crippen MR) is 168 cm³/mol. The zero-order chi connectivity index (χ0) is 32.7. The van der Waals surface area contributed by atoms with E-state index >= 15 is 0 Å². The number of carbonyl (C=O) groups excluding carboxylic acids is 1. The number of pyridine rings is 1. The summed E-state index contributed by atoms with van der Waals surface area (Å²) in [5.74, 6) is -0.861. The fourth-order valence-electron chi connectivity index (χ4n) is 6.07. The summed E-state index contributed by atoms with van der Waals surface area (Å²) in [6.45, 7) is 1.73. The van der Waals surface area contributed by atoms with E-state index in [-0.39, 0.29) is 29.2 Å². The molecule has 3 fully saturated rings. The van der Waals surface area contributed by atoms with Gasteiger partial charge in [0.15, 0.2) is 15.9 Å². The summed E-state index contributed by atoms with van der Waals surface area (Å²) in [6, 6.07) is 13.2. The van der Waals surface area contributed by atoms with Crippen LogP contribution in [0.5, 0.6) is 5.88 Å². The third-order valence-corrected chi connectivity index (χ3v) is 11.8. The Morgan fingerprint density at radius 3 is 2.50 bits per heavy atom. The van der Waals surface area contributed by atoms with E-state index in [9.17, 15) is 31.6 Å². The van der Waals surface area contributed by atoms with Crippen molar-refractivity contribution < 1.29 is 31.1 Å². The van der Waals surface area contributed by atoms with Crippen LogP contribution in [0, 0.1) is 17.2 Å². The van der Waals surface area contributed by atoms with Gasteiger partial charge in [0.25, 0.3) is 0 Å². The molecule has 3 heterocycles. The second-order valence-corrected chi connectivity index (χ2v) is 15.6. The highest BCUT2D eigenvalue weighted by Gasteiger charge is 2.47. The van der Waals surface area contributed by atoms with Crippen molar-refractivity contribution in [1.82, 2.24) is 15.3 Å². The molecule has 46 heavy (non-hydrogen) atoms. The molecule has 1 aliphatic heterocycles. The minimum atomic E-state index is -4.58. The van der Waals surface area contributed by atoms with Gasteiger partial charge in [-0.05, 0) is 62.4 Å². The van der Waals surface area contributed by atoms with E-state index in [1.54, 1.807) is 12.1 Å². The van der Waals surface area contributed by atoms with E-state index in [2.05, 4.69) is 16.4 Å². The number of amides is 1. The molecule has 3 aromatic rings. The lowest BCUT2D eigenvalue weighted by Gasteiger charge is -2.31. The monoisotopic (exact) mass is 673 g/mol. The van der Waals surface area contributed by atoms with Gasteiger partial charge in [0.05, 0.1) is 33.7 Å². The minimum Gasteiger partial charge on any atom is -0.464 e. The summed E-state index contributed by atoms with van der Waals surface area (Å²) in [7, 11) is -3.03. The van der Waals surface area contributed by atoms with Crippen LogP contribution in [0.25, 0.3) is 21.0 Å². The molecule has 3 aliphatic rings. The van der Waals surface area contributed by atoms with Gasteiger partial charge in [-0.3, -0.25) is 4.79 Å². The fourth-order valence-corrected chi connectivity index (χ4v) is 8.43. The number of carbonyl (C=O) groups is 1. The normalized spacial score (nSPS) is 22.8. The van der Waals surface area contributed by atoms with Gasteiger partial charge in [-0.1, -0.05) is 25.0 Å². The number of thiazole rings is 1. The summed E-state index contributed by atoms with van der Waals surface area (Å²) in [4.78, 5) is 25.5. The largest absolute Gasteiger partial charge is 0.464 e. The molecular weight excluding hydrogens is 640 g/mol. The van der Waals surface area contributed by atoms with Crippen LogP contribution >= 0.6 is 11.3 Å². The highest BCUT2D eigenvalue weighted by molar-refractivity contribution is 7.91. The van der Waals surface area contributed by atoms with Gasteiger partial charge in [-0.15, -0.1) is 11.3 Å². The Balaban J connectivity index is 1.38. The number of benzene rings is 1. The number of halogens is 3. The molecule has 6 rings (SSSR count). The number of rotatable bonds is 8. The van der Waals surface area contributed by atoms with E-state index in [0.717, 1.165) is 35.9 Å². The standard InChI is InChI=1S/C32H34F3N5O4S2/c1-20(32(33,34)35)44-29-25(7-4-14-37-29)30-38-26(23-5-2-3-6-24(23)28(41)39-31(19-36)12-13-31)27(45-30)21-8-10-22(11-9-21)40-15-17-46(42,43)18-16-40/h4,7-11,14,20,23-24H,2-3,5-6,12-13,15-18H2,1H3,(H,39,41). The molecule has 244 valence electrons. The van der Waals surface area contributed by atoms with Crippen LogP contribution in [0.2, 0.25) is 0 Å². The van der Waals surface area contributed by atoms with Crippen molar-refractivity contribution in [3.05, 3.63) is 48.3 Å². The first kappa shape index (κ1) is 32.2. The maximum Gasteiger partial charge on any atom is 0.425 e. The summed E-state index contributed by atoms with van der Waals surface area (Å²) >= 11 is 1.30. The molecule has 2 aromatic heterocycles. The average molecular weight is 674 g/mol. The molecule has 1 aromatic carbocycles. The molecule has 1 N–H and O–H groups in total. The number of hydrogen-bond donors (Lipinski definition) is 1. The second kappa shape index (κ2) is 12.5. The molecule has 9 nitrogen and oxygen atoms in total. The highest BCUT2D eigenvalue weighted by atomic mass is 32.2. The molecule has 2 saturated carbocycles. The summed E-state index contributed by atoms with van der Waals surface area (Å²) in [6.07, 6.45) is -1.00. The van der Waals surface area contributed by atoms with E-state index < -0.39 is 33.6 Å². The van der Waals surface area contributed by atoms with Crippen molar-refractivity contribution >= 4 is 32.8 Å². The molecule has 0 bridgehead atoms. The Hall–Kier alpha value is -3.70. The number of nitriles is 1. The number of sulfone groups is 1. The van der Waals surface area contributed by atoms with E-state index in [4.69, 9.17) is 9.72 Å². The van der Waals surface area contributed by atoms with Crippen LogP contribution < -0.4 is 15.0 Å². The number of ether oxygens (including phenoxy) is 1. The molecule has 0 spiro atoms. The fraction of sp³-hybridized carbons (Fsp3) is 0.500. The van der Waals surface area contributed by atoms with Crippen molar-refractivity contribution in [3.8, 4) is 33.0 Å². The number of alkyl halides is 3. The molecule has 3 unspecified atom stereocenters. The Morgan fingerprint density at radius 2 is 1.85 bits per heavy atom. The van der Waals surface area contributed by atoms with Gasteiger partial charge >= 0.3 is 6.18 Å². The smallest absolute Gasteiger partial charge is 0.425 e. The topological polar surface area (TPSA) is 125 Å². The molecule has 0 radical (unpaired) electrons. The van der Waals surface area contributed by atoms with Crippen LogP contribution in [0.4, 0.5) is 18.9 Å². The number of aromatic nitrogens is 2. The number of hydrogen-bond acceptors (Lipinski definition) is 9. The van der Waals surface area contributed by atoms with Gasteiger partial charge in [0.1, 0.15) is 10.5 Å². The third-order valence-electron chi connectivity index (χ3n) is 9.02. The average Bonchev–Trinajstić information content (AvgIpc) is 3.67. The van der Waals surface area contributed by atoms with Crippen molar-refractivity contribution in [3.63, 3.8) is 0 Å². The number of nitrogens with one attached hydrogen (secondary N) is 1. The molecule has 1 saturated heterocycles. The van der Waals surface area contributed by atoms with E-state index in [1.165, 1.54) is 17.5 Å². The Labute approximate surface area is 269 Å². The Morgan fingerprint density at radius 1 is 1.15 bits per heavy atom. The number of nitrogens with zero attached hydrogens (tertiary/aromatic N) is 4. The quantitative estimate of drug-likeness (QED) is 0.314. The van der Waals surface area contributed by atoms with Crippen molar-refractivity contribution in [2.24, 2.45) is 5.92 Å². The van der Waals surface area contributed by atoms with Gasteiger partial charge in [0, 0.05) is 36.8 Å².